The molecule has 0 fully saturated rings. The lowest BCUT2D eigenvalue weighted by Crippen LogP contribution is -2.41. The molecule has 1 aromatic heterocycles. The van der Waals surface area contributed by atoms with Gasteiger partial charge in [-0.05, 0) is 44.9 Å². The summed E-state index contributed by atoms with van der Waals surface area (Å²) >= 11 is 0. The minimum atomic E-state index is -3.88. The largest absolute Gasteiger partial charge is 0.481 e. The molecule has 0 saturated carbocycles. The molecule has 0 bridgehead atoms. The number of amides is 3. The summed E-state index contributed by atoms with van der Waals surface area (Å²) in [5.74, 6) is -5.55. The molecular formula is C39H67N7O11S. The SMILES string of the molecule is CCCC(=O)CCC(NC(=O)CC[C@H](CC(=O)CCCNC(=O)CCCS(=O)(=O)NC(=O)CCCCCCCCCCCCCCCc1nn[nH]n1)C(=O)O)C(=O)O. The number of hydrogen-bond acceptors (Lipinski definition) is 12. The number of H-pyrrole nitrogens is 1. The number of rotatable bonds is 38. The van der Waals surface area contributed by atoms with Gasteiger partial charge in [-0.3, -0.25) is 33.5 Å². The zero-order valence-corrected chi connectivity index (χ0v) is 35.1. The summed E-state index contributed by atoms with van der Waals surface area (Å²) in [4.78, 5) is 83.9. The first-order chi connectivity index (χ1) is 27.7. The van der Waals surface area contributed by atoms with Crippen molar-refractivity contribution < 1.29 is 52.2 Å². The van der Waals surface area contributed by atoms with E-state index in [4.69, 9.17) is 0 Å². The zero-order valence-electron chi connectivity index (χ0n) is 34.3. The molecule has 0 aromatic carbocycles. The lowest BCUT2D eigenvalue weighted by atomic mass is 9.95. The monoisotopic (exact) mass is 841 g/mol. The maximum Gasteiger partial charge on any atom is 0.326 e. The Kier molecular flexibility index (Phi) is 28.2. The fraction of sp³-hybridized carbons (Fsp3) is 0.795. The first kappa shape index (κ1) is 51.7. The van der Waals surface area contributed by atoms with Gasteiger partial charge in [0.1, 0.15) is 17.6 Å². The van der Waals surface area contributed by atoms with Gasteiger partial charge >= 0.3 is 11.9 Å². The van der Waals surface area contributed by atoms with E-state index in [0.717, 1.165) is 44.3 Å². The van der Waals surface area contributed by atoms with Crippen LogP contribution in [-0.2, 0) is 50.0 Å². The number of hydrogen-bond donors (Lipinski definition) is 6. The minimum absolute atomic E-state index is 0.00449. The zero-order chi connectivity index (χ0) is 43.0. The maximum absolute atomic E-state index is 12.4. The number of aryl methyl sites for hydroxylation is 1. The number of aliphatic carboxylic acids is 2. The van der Waals surface area contributed by atoms with E-state index in [1.165, 1.54) is 44.9 Å². The highest BCUT2D eigenvalue weighted by Gasteiger charge is 2.25. The van der Waals surface area contributed by atoms with Crippen LogP contribution in [0.3, 0.4) is 0 Å². The Morgan fingerprint density at radius 1 is 0.638 bits per heavy atom. The third-order valence-electron chi connectivity index (χ3n) is 9.65. The van der Waals surface area contributed by atoms with E-state index in [-0.39, 0.29) is 82.3 Å². The molecule has 1 aromatic rings. The Bertz CT molecular complexity index is 1490. The smallest absolute Gasteiger partial charge is 0.326 e. The quantitative estimate of drug-likeness (QED) is 0.0501. The number of carboxylic acid groups (broad SMARTS) is 2. The molecule has 6 N–H and O–H groups in total. The minimum Gasteiger partial charge on any atom is -0.481 e. The van der Waals surface area contributed by atoms with Crippen molar-refractivity contribution in [2.45, 2.75) is 180 Å². The van der Waals surface area contributed by atoms with E-state index in [2.05, 4.69) is 36.0 Å². The molecule has 2 atom stereocenters. The predicted molar refractivity (Wildman–Crippen MR) is 215 cm³/mol. The fourth-order valence-electron chi connectivity index (χ4n) is 6.33. The van der Waals surface area contributed by atoms with Crippen LogP contribution >= 0.6 is 0 Å². The van der Waals surface area contributed by atoms with Crippen LogP contribution in [0.25, 0.3) is 0 Å². The summed E-state index contributed by atoms with van der Waals surface area (Å²) in [6.45, 7) is 1.93. The van der Waals surface area contributed by atoms with Crippen LogP contribution < -0.4 is 15.4 Å². The summed E-state index contributed by atoms with van der Waals surface area (Å²) in [5, 5.41) is 37.7. The van der Waals surface area contributed by atoms with Gasteiger partial charge in [-0.25, -0.2) is 13.2 Å². The Morgan fingerprint density at radius 2 is 1.24 bits per heavy atom. The van der Waals surface area contributed by atoms with E-state index < -0.39 is 57.4 Å². The molecule has 0 spiro atoms. The van der Waals surface area contributed by atoms with Gasteiger partial charge in [-0.2, -0.15) is 5.21 Å². The number of nitrogens with one attached hydrogen (secondary N) is 4. The second-order valence-corrected chi connectivity index (χ2v) is 16.8. The van der Waals surface area contributed by atoms with Crippen molar-refractivity contribution >= 4 is 51.2 Å². The first-order valence-corrected chi connectivity index (χ1v) is 22.7. The number of unbranched alkanes of at least 4 members (excludes halogenated alkanes) is 12. The summed E-state index contributed by atoms with van der Waals surface area (Å²) in [7, 11) is -3.88. The van der Waals surface area contributed by atoms with Gasteiger partial charge in [0.15, 0.2) is 5.82 Å². The molecule has 3 amide bonds. The van der Waals surface area contributed by atoms with Crippen LogP contribution in [-0.4, -0.2) is 98.8 Å². The molecule has 19 heteroatoms. The number of aromatic amines is 1. The van der Waals surface area contributed by atoms with E-state index in [1.807, 2.05) is 6.92 Å². The molecule has 1 unspecified atom stereocenters. The molecule has 58 heavy (non-hydrogen) atoms. The molecule has 1 rings (SSSR count). The van der Waals surface area contributed by atoms with Gasteiger partial charge in [-0.15, -0.1) is 10.2 Å². The standard InChI is InChI=1S/C39H67N7O11S/c1-2-18-31(47)24-25-33(39(54)55)41-36(50)26-23-30(38(52)53)29-32(48)19-16-27-40-35(49)22-17-28-58(56,57)44-37(51)21-15-13-11-9-7-5-3-4-6-8-10-12-14-20-34-42-45-46-43-34/h30,33H,2-29H2,1H3,(H,40,49)(H,41,50)(H,44,51)(H,52,53)(H,54,55)(H,42,43,45,46)/t30-,33?/m1/s1. The first-order valence-electron chi connectivity index (χ1n) is 21.0. The Morgan fingerprint density at radius 3 is 1.81 bits per heavy atom. The van der Waals surface area contributed by atoms with Crippen molar-refractivity contribution in [1.82, 2.24) is 36.0 Å². The van der Waals surface area contributed by atoms with Crippen molar-refractivity contribution in [2.24, 2.45) is 5.92 Å². The highest BCUT2D eigenvalue weighted by atomic mass is 32.2. The average molecular weight is 842 g/mol. The summed E-state index contributed by atoms with van der Waals surface area (Å²) < 4.78 is 26.7. The van der Waals surface area contributed by atoms with Crippen molar-refractivity contribution in [3.05, 3.63) is 5.82 Å². The van der Waals surface area contributed by atoms with Crippen molar-refractivity contribution in [3.63, 3.8) is 0 Å². The molecule has 0 aliphatic heterocycles. The lowest BCUT2D eigenvalue weighted by Gasteiger charge is -2.16. The van der Waals surface area contributed by atoms with Crippen LogP contribution in [0.2, 0.25) is 0 Å². The lowest BCUT2D eigenvalue weighted by molar-refractivity contribution is -0.145. The Balaban J connectivity index is 2.09. The number of aromatic nitrogens is 4. The molecule has 1 heterocycles. The average Bonchev–Trinajstić information content (AvgIpc) is 3.68. The van der Waals surface area contributed by atoms with Gasteiger partial charge in [0.2, 0.25) is 27.7 Å². The normalized spacial score (nSPS) is 12.4. The number of carbonyl (C=O) groups excluding carboxylic acids is 5. The second kappa shape index (κ2) is 31.7. The number of nitrogens with zero attached hydrogens (tertiary/aromatic N) is 3. The van der Waals surface area contributed by atoms with E-state index in [9.17, 15) is 52.2 Å². The van der Waals surface area contributed by atoms with Crippen LogP contribution in [0.15, 0.2) is 0 Å². The van der Waals surface area contributed by atoms with Crippen LogP contribution in [0.1, 0.15) is 173 Å². The molecule has 18 nitrogen and oxygen atoms in total. The molecule has 0 radical (unpaired) electrons. The van der Waals surface area contributed by atoms with Gasteiger partial charge in [0.05, 0.1) is 11.7 Å². The van der Waals surface area contributed by atoms with E-state index >= 15 is 0 Å². The summed E-state index contributed by atoms with van der Waals surface area (Å²) in [6, 6.07) is -1.28. The predicted octanol–water partition coefficient (Wildman–Crippen LogP) is 4.49. The molecule has 0 aliphatic carbocycles. The summed E-state index contributed by atoms with van der Waals surface area (Å²) in [5.41, 5.74) is 0. The Hall–Kier alpha value is -4.29. The third kappa shape index (κ3) is 28.2. The number of carbonyl (C=O) groups is 7. The number of tetrazole rings is 1. The second-order valence-electron chi connectivity index (χ2n) is 14.9. The van der Waals surface area contributed by atoms with Crippen LogP contribution in [0, 0.1) is 5.92 Å². The molecular weight excluding hydrogens is 775 g/mol. The summed E-state index contributed by atoms with van der Waals surface area (Å²) in [6.07, 6.45) is 15.4. The van der Waals surface area contributed by atoms with E-state index in [1.54, 1.807) is 0 Å². The van der Waals surface area contributed by atoms with Gasteiger partial charge in [-0.1, -0.05) is 82.8 Å². The molecule has 0 saturated heterocycles. The number of carboxylic acids is 2. The van der Waals surface area contributed by atoms with Gasteiger partial charge in [0, 0.05) is 57.9 Å². The van der Waals surface area contributed by atoms with Gasteiger partial charge < -0.3 is 20.8 Å². The van der Waals surface area contributed by atoms with Crippen molar-refractivity contribution in [1.29, 1.82) is 0 Å². The van der Waals surface area contributed by atoms with Crippen molar-refractivity contribution in [3.8, 4) is 0 Å². The van der Waals surface area contributed by atoms with Crippen LogP contribution in [0.4, 0.5) is 0 Å². The fourth-order valence-corrected chi connectivity index (χ4v) is 7.41. The number of Topliss-reactive ketones (excluding diaryl/α,β-unsaturated/α-hetero) is 2. The van der Waals surface area contributed by atoms with Crippen molar-refractivity contribution in [2.75, 3.05) is 12.3 Å². The highest BCUT2D eigenvalue weighted by Crippen LogP contribution is 2.16. The van der Waals surface area contributed by atoms with E-state index in [0.29, 0.717) is 19.3 Å². The molecule has 0 aliphatic rings. The Labute approximate surface area is 342 Å². The number of ketones is 2. The topological polar surface area (TPSA) is 285 Å². The molecule has 330 valence electrons. The highest BCUT2D eigenvalue weighted by molar-refractivity contribution is 7.90. The maximum atomic E-state index is 12.4. The third-order valence-corrected chi connectivity index (χ3v) is 11.0. The van der Waals surface area contributed by atoms with Gasteiger partial charge in [0.25, 0.3) is 0 Å². The number of sulfonamides is 1. The van der Waals surface area contributed by atoms with Crippen LogP contribution in [0.5, 0.6) is 0 Å².